The maximum atomic E-state index is 5.51. The highest BCUT2D eigenvalue weighted by Gasteiger charge is 2.02. The van der Waals surface area contributed by atoms with E-state index in [1.807, 2.05) is 12.3 Å². The molecule has 0 aromatic carbocycles. The predicted octanol–water partition coefficient (Wildman–Crippen LogP) is 0.862. The number of rotatable bonds is 7. The molecule has 0 radical (unpaired) electrons. The zero-order valence-corrected chi connectivity index (χ0v) is 10.3. The van der Waals surface area contributed by atoms with Gasteiger partial charge in [-0.15, -0.1) is 0 Å². The van der Waals surface area contributed by atoms with E-state index in [1.54, 1.807) is 0 Å². The molecule has 0 aliphatic rings. The Hall–Kier alpha value is -1.00. The minimum Gasteiger partial charge on any atom is -0.330 e. The van der Waals surface area contributed by atoms with E-state index in [9.17, 15) is 0 Å². The fourth-order valence-corrected chi connectivity index (χ4v) is 1.65. The van der Waals surface area contributed by atoms with Crippen molar-refractivity contribution in [2.45, 2.75) is 26.7 Å². The molecule has 4 heteroatoms. The van der Waals surface area contributed by atoms with Crippen LogP contribution in [0.3, 0.4) is 0 Å². The number of likely N-dealkylation sites (N-methyl/N-ethyl adjacent to an activating group) is 1. The van der Waals surface area contributed by atoms with E-state index in [0.717, 1.165) is 44.0 Å². The van der Waals surface area contributed by atoms with Gasteiger partial charge in [-0.25, -0.2) is 9.97 Å². The molecular formula is C12H22N4. The topological polar surface area (TPSA) is 55.0 Å². The standard InChI is InChI=1S/C12H22N4/c1-3-16(4-2)10-7-12-14-9-6-11(15-12)5-8-13/h6,9H,3-5,7-8,10,13H2,1-2H3. The lowest BCUT2D eigenvalue weighted by Crippen LogP contribution is -2.26. The quantitative estimate of drug-likeness (QED) is 0.743. The molecule has 0 saturated carbocycles. The first-order valence-corrected chi connectivity index (χ1v) is 6.03. The fraction of sp³-hybridized carbons (Fsp3) is 0.667. The lowest BCUT2D eigenvalue weighted by Gasteiger charge is -2.17. The van der Waals surface area contributed by atoms with Gasteiger partial charge in [0.15, 0.2) is 0 Å². The van der Waals surface area contributed by atoms with Gasteiger partial charge in [0.25, 0.3) is 0 Å². The Morgan fingerprint density at radius 2 is 2.00 bits per heavy atom. The zero-order valence-electron chi connectivity index (χ0n) is 10.3. The van der Waals surface area contributed by atoms with E-state index < -0.39 is 0 Å². The molecule has 0 aliphatic heterocycles. The van der Waals surface area contributed by atoms with Crippen LogP contribution in [0.15, 0.2) is 12.3 Å². The summed E-state index contributed by atoms with van der Waals surface area (Å²) in [6.07, 6.45) is 3.58. The first kappa shape index (κ1) is 13.1. The summed E-state index contributed by atoms with van der Waals surface area (Å²) in [6, 6.07) is 1.94. The van der Waals surface area contributed by atoms with Crippen LogP contribution < -0.4 is 5.73 Å². The molecule has 0 fully saturated rings. The van der Waals surface area contributed by atoms with Gasteiger partial charge in [0.1, 0.15) is 5.82 Å². The number of nitrogens with zero attached hydrogens (tertiary/aromatic N) is 3. The smallest absolute Gasteiger partial charge is 0.129 e. The maximum absolute atomic E-state index is 5.51. The normalized spacial score (nSPS) is 11.0. The Morgan fingerprint density at radius 3 is 2.62 bits per heavy atom. The van der Waals surface area contributed by atoms with Crippen LogP contribution >= 0.6 is 0 Å². The van der Waals surface area contributed by atoms with Crippen LogP contribution in [-0.4, -0.2) is 41.0 Å². The van der Waals surface area contributed by atoms with Gasteiger partial charge in [-0.3, -0.25) is 0 Å². The Balaban J connectivity index is 2.49. The van der Waals surface area contributed by atoms with Gasteiger partial charge in [-0.2, -0.15) is 0 Å². The lowest BCUT2D eigenvalue weighted by molar-refractivity contribution is 0.305. The van der Waals surface area contributed by atoms with E-state index in [0.29, 0.717) is 6.54 Å². The van der Waals surface area contributed by atoms with Crippen molar-refractivity contribution in [3.63, 3.8) is 0 Å². The Morgan fingerprint density at radius 1 is 1.25 bits per heavy atom. The van der Waals surface area contributed by atoms with E-state index in [4.69, 9.17) is 5.73 Å². The van der Waals surface area contributed by atoms with Crippen molar-refractivity contribution < 1.29 is 0 Å². The number of hydrogen-bond donors (Lipinski definition) is 1. The number of hydrogen-bond acceptors (Lipinski definition) is 4. The molecule has 0 amide bonds. The Kier molecular flexibility index (Phi) is 5.96. The van der Waals surface area contributed by atoms with Crippen molar-refractivity contribution in [1.82, 2.24) is 14.9 Å². The minimum absolute atomic E-state index is 0.645. The summed E-state index contributed by atoms with van der Waals surface area (Å²) >= 11 is 0. The summed E-state index contributed by atoms with van der Waals surface area (Å²) in [5.74, 6) is 0.929. The summed E-state index contributed by atoms with van der Waals surface area (Å²) in [7, 11) is 0. The third-order valence-electron chi connectivity index (χ3n) is 2.71. The molecule has 90 valence electrons. The fourth-order valence-electron chi connectivity index (χ4n) is 1.65. The van der Waals surface area contributed by atoms with Gasteiger partial charge in [0.05, 0.1) is 0 Å². The zero-order chi connectivity index (χ0) is 11.8. The molecule has 0 aliphatic carbocycles. The van der Waals surface area contributed by atoms with E-state index in [2.05, 4.69) is 28.7 Å². The molecule has 0 saturated heterocycles. The van der Waals surface area contributed by atoms with Crippen LogP contribution in [0.25, 0.3) is 0 Å². The van der Waals surface area contributed by atoms with Crippen LogP contribution in [0.2, 0.25) is 0 Å². The summed E-state index contributed by atoms with van der Waals surface area (Å²) in [5, 5.41) is 0. The van der Waals surface area contributed by atoms with Crippen molar-refractivity contribution in [3.05, 3.63) is 23.8 Å². The molecule has 4 nitrogen and oxygen atoms in total. The average Bonchev–Trinajstić information content (AvgIpc) is 2.31. The molecule has 0 bridgehead atoms. The summed E-state index contributed by atoms with van der Waals surface area (Å²) < 4.78 is 0. The largest absolute Gasteiger partial charge is 0.330 e. The third-order valence-corrected chi connectivity index (χ3v) is 2.71. The van der Waals surface area contributed by atoms with Crippen LogP contribution in [0.4, 0.5) is 0 Å². The second-order valence-corrected chi connectivity index (χ2v) is 3.78. The molecule has 1 heterocycles. The maximum Gasteiger partial charge on any atom is 0.129 e. The van der Waals surface area contributed by atoms with E-state index in [-0.39, 0.29) is 0 Å². The molecule has 1 aromatic rings. The number of nitrogens with two attached hydrogens (primary N) is 1. The van der Waals surface area contributed by atoms with E-state index >= 15 is 0 Å². The first-order chi connectivity index (χ1) is 7.80. The van der Waals surface area contributed by atoms with Crippen LogP contribution in [0, 0.1) is 0 Å². The molecule has 1 rings (SSSR count). The van der Waals surface area contributed by atoms with Crippen LogP contribution in [0.5, 0.6) is 0 Å². The number of aromatic nitrogens is 2. The highest BCUT2D eigenvalue weighted by Crippen LogP contribution is 1.99. The van der Waals surface area contributed by atoms with Crippen molar-refractivity contribution in [2.75, 3.05) is 26.2 Å². The van der Waals surface area contributed by atoms with Gasteiger partial charge in [-0.05, 0) is 25.7 Å². The Bertz CT molecular complexity index is 297. The molecule has 2 N–H and O–H groups in total. The second-order valence-electron chi connectivity index (χ2n) is 3.78. The summed E-state index contributed by atoms with van der Waals surface area (Å²) in [4.78, 5) is 11.1. The van der Waals surface area contributed by atoms with Gasteiger partial charge in [0.2, 0.25) is 0 Å². The first-order valence-electron chi connectivity index (χ1n) is 6.03. The average molecular weight is 222 g/mol. The lowest BCUT2D eigenvalue weighted by atomic mass is 10.3. The second kappa shape index (κ2) is 7.30. The van der Waals surface area contributed by atoms with E-state index in [1.165, 1.54) is 0 Å². The summed E-state index contributed by atoms with van der Waals surface area (Å²) in [6.45, 7) is 8.19. The van der Waals surface area contributed by atoms with Gasteiger partial charge in [0, 0.05) is 31.3 Å². The third kappa shape index (κ3) is 4.24. The van der Waals surface area contributed by atoms with Crippen molar-refractivity contribution >= 4 is 0 Å². The molecule has 0 unspecified atom stereocenters. The molecule has 1 aromatic heterocycles. The van der Waals surface area contributed by atoms with Crippen molar-refractivity contribution in [2.24, 2.45) is 5.73 Å². The van der Waals surface area contributed by atoms with Gasteiger partial charge in [-0.1, -0.05) is 13.8 Å². The highest BCUT2D eigenvalue weighted by molar-refractivity contribution is 5.03. The Labute approximate surface area is 97.9 Å². The molecule has 0 spiro atoms. The van der Waals surface area contributed by atoms with Gasteiger partial charge >= 0.3 is 0 Å². The van der Waals surface area contributed by atoms with Crippen LogP contribution in [-0.2, 0) is 12.8 Å². The van der Waals surface area contributed by atoms with Crippen molar-refractivity contribution in [1.29, 1.82) is 0 Å². The summed E-state index contributed by atoms with van der Waals surface area (Å²) in [5.41, 5.74) is 6.56. The monoisotopic (exact) mass is 222 g/mol. The van der Waals surface area contributed by atoms with Gasteiger partial charge < -0.3 is 10.6 Å². The SMILES string of the molecule is CCN(CC)CCc1nccc(CCN)n1. The van der Waals surface area contributed by atoms with Crippen LogP contribution in [0.1, 0.15) is 25.4 Å². The minimum atomic E-state index is 0.645. The highest BCUT2D eigenvalue weighted by atomic mass is 15.1. The predicted molar refractivity (Wildman–Crippen MR) is 66.3 cm³/mol. The van der Waals surface area contributed by atoms with Crippen molar-refractivity contribution in [3.8, 4) is 0 Å². The molecule has 16 heavy (non-hydrogen) atoms. The molecular weight excluding hydrogens is 200 g/mol. The molecule has 0 atom stereocenters.